The zero-order valence-corrected chi connectivity index (χ0v) is 15.7. The summed E-state index contributed by atoms with van der Waals surface area (Å²) in [6.07, 6.45) is 3.77. The van der Waals surface area contributed by atoms with Gasteiger partial charge in [-0.3, -0.25) is 4.31 Å². The van der Waals surface area contributed by atoms with Crippen molar-refractivity contribution in [1.29, 1.82) is 0 Å². The summed E-state index contributed by atoms with van der Waals surface area (Å²) in [4.78, 5) is 3.08. The van der Waals surface area contributed by atoms with Crippen LogP contribution >= 0.6 is 24.2 Å². The van der Waals surface area contributed by atoms with E-state index in [1.165, 1.54) is 40.8 Å². The van der Waals surface area contributed by atoms with Crippen LogP contribution < -0.4 is 0 Å². The van der Waals surface area contributed by atoms with E-state index >= 15 is 0 Å². The maximum Gasteiger partial charge on any atom is 0.0380 e. The van der Waals surface area contributed by atoms with Gasteiger partial charge in [0.25, 0.3) is 0 Å². The number of thiol groups is 1. The molecule has 0 atom stereocenters. The fourth-order valence-electron chi connectivity index (χ4n) is 3.44. The predicted molar refractivity (Wildman–Crippen MR) is 101 cm³/mol. The molecule has 0 amide bonds. The maximum absolute atomic E-state index is 4.43. The normalized spacial score (nSPS) is 16.8. The number of aryl methyl sites for hydroxylation is 1. The highest BCUT2D eigenvalue weighted by Crippen LogP contribution is 2.45. The van der Waals surface area contributed by atoms with Crippen molar-refractivity contribution in [3.05, 3.63) is 45.8 Å². The van der Waals surface area contributed by atoms with Crippen LogP contribution in [0.2, 0.25) is 0 Å². The average molecular weight is 332 g/mol. The van der Waals surface area contributed by atoms with Gasteiger partial charge in [-0.1, -0.05) is 50.9 Å². The zero-order valence-electron chi connectivity index (χ0n) is 13.9. The number of hydrogen-bond acceptors (Lipinski definition) is 3. The third-order valence-corrected chi connectivity index (χ3v) is 6.27. The molecule has 1 aliphatic rings. The van der Waals surface area contributed by atoms with Gasteiger partial charge in [0.2, 0.25) is 0 Å². The van der Waals surface area contributed by atoms with Crippen molar-refractivity contribution in [2.24, 2.45) is 5.41 Å². The van der Waals surface area contributed by atoms with E-state index in [4.69, 9.17) is 0 Å². The third-order valence-electron chi connectivity index (χ3n) is 4.70. The van der Waals surface area contributed by atoms with Gasteiger partial charge in [-0.2, -0.15) is 0 Å². The van der Waals surface area contributed by atoms with E-state index < -0.39 is 0 Å². The van der Waals surface area contributed by atoms with Crippen LogP contribution in [-0.2, 0) is 19.4 Å². The summed E-state index contributed by atoms with van der Waals surface area (Å²) in [5, 5.41) is 0. The predicted octanol–water partition coefficient (Wildman–Crippen LogP) is 5.52. The molecule has 1 aromatic carbocycles. The van der Waals surface area contributed by atoms with Gasteiger partial charge in [-0.15, -0.1) is 11.3 Å². The zero-order chi connectivity index (χ0) is 15.9. The number of rotatable bonds is 3. The minimum atomic E-state index is 0.445. The van der Waals surface area contributed by atoms with Crippen LogP contribution in [0.5, 0.6) is 0 Å². The summed E-state index contributed by atoms with van der Waals surface area (Å²) in [6.45, 7) is 7.98. The SMILES string of the molecule is Cc1c(-c2ccccc2CN(C)S)sc2c1CC(C)(C)CC2. The van der Waals surface area contributed by atoms with Gasteiger partial charge in [-0.05, 0) is 60.9 Å². The number of benzene rings is 1. The van der Waals surface area contributed by atoms with Crippen LogP contribution in [0.3, 0.4) is 0 Å². The first-order valence-electron chi connectivity index (χ1n) is 7.97. The van der Waals surface area contributed by atoms with Crippen molar-refractivity contribution in [3.63, 3.8) is 0 Å². The summed E-state index contributed by atoms with van der Waals surface area (Å²) in [7, 11) is 2.01. The first-order chi connectivity index (χ1) is 10.4. The van der Waals surface area contributed by atoms with Crippen molar-refractivity contribution >= 4 is 24.2 Å². The van der Waals surface area contributed by atoms with E-state index in [0.29, 0.717) is 5.41 Å². The van der Waals surface area contributed by atoms with Gasteiger partial charge < -0.3 is 0 Å². The molecule has 1 nitrogen and oxygen atoms in total. The summed E-state index contributed by atoms with van der Waals surface area (Å²) in [6, 6.07) is 8.77. The van der Waals surface area contributed by atoms with Gasteiger partial charge in [-0.25, -0.2) is 0 Å². The molecule has 0 fully saturated rings. The van der Waals surface area contributed by atoms with Crippen LogP contribution in [0, 0.1) is 12.3 Å². The number of thiophene rings is 1. The Morgan fingerprint density at radius 3 is 2.73 bits per heavy atom. The van der Waals surface area contributed by atoms with Gasteiger partial charge in [0.1, 0.15) is 0 Å². The highest BCUT2D eigenvalue weighted by atomic mass is 32.1. The van der Waals surface area contributed by atoms with E-state index in [-0.39, 0.29) is 0 Å². The lowest BCUT2D eigenvalue weighted by Gasteiger charge is -2.29. The first-order valence-corrected chi connectivity index (χ1v) is 9.18. The smallest absolute Gasteiger partial charge is 0.0380 e. The third kappa shape index (κ3) is 3.12. The van der Waals surface area contributed by atoms with Gasteiger partial charge >= 0.3 is 0 Å². The monoisotopic (exact) mass is 331 g/mol. The van der Waals surface area contributed by atoms with Gasteiger partial charge in [0.15, 0.2) is 0 Å². The number of nitrogens with zero attached hydrogens (tertiary/aromatic N) is 1. The van der Waals surface area contributed by atoms with Gasteiger partial charge in [0.05, 0.1) is 0 Å². The molecule has 22 heavy (non-hydrogen) atoms. The first kappa shape index (κ1) is 16.1. The van der Waals surface area contributed by atoms with E-state index in [2.05, 4.69) is 57.9 Å². The van der Waals surface area contributed by atoms with E-state index in [0.717, 1.165) is 6.54 Å². The fraction of sp³-hybridized carbons (Fsp3) is 0.474. The minimum absolute atomic E-state index is 0.445. The summed E-state index contributed by atoms with van der Waals surface area (Å²) >= 11 is 6.44. The molecule has 0 N–H and O–H groups in total. The number of fused-ring (bicyclic) bond motifs is 1. The van der Waals surface area contributed by atoms with E-state index in [1.807, 2.05) is 22.7 Å². The lowest BCUT2D eigenvalue weighted by Crippen LogP contribution is -2.21. The molecule has 1 heterocycles. The Morgan fingerprint density at radius 2 is 2.00 bits per heavy atom. The molecule has 3 heteroatoms. The molecular weight excluding hydrogens is 306 g/mol. The Hall–Kier alpha value is -0.770. The molecule has 0 radical (unpaired) electrons. The summed E-state index contributed by atoms with van der Waals surface area (Å²) < 4.78 is 1.95. The molecule has 0 bridgehead atoms. The Labute approximate surface area is 143 Å². The van der Waals surface area contributed by atoms with Crippen LogP contribution in [-0.4, -0.2) is 11.4 Å². The number of hydrogen-bond donors (Lipinski definition) is 1. The van der Waals surface area contributed by atoms with Crippen molar-refractivity contribution in [1.82, 2.24) is 4.31 Å². The van der Waals surface area contributed by atoms with Crippen LogP contribution in [0.4, 0.5) is 0 Å². The van der Waals surface area contributed by atoms with Crippen molar-refractivity contribution in [2.45, 2.75) is 46.6 Å². The molecular formula is C19H25NS2. The highest BCUT2D eigenvalue weighted by Gasteiger charge is 2.29. The van der Waals surface area contributed by atoms with E-state index in [1.54, 1.807) is 10.4 Å². The van der Waals surface area contributed by atoms with Crippen LogP contribution in [0.1, 0.15) is 41.8 Å². The summed E-state index contributed by atoms with van der Waals surface area (Å²) in [5.41, 5.74) is 6.31. The largest absolute Gasteiger partial charge is 0.252 e. The average Bonchev–Trinajstić information content (AvgIpc) is 2.75. The Kier molecular flexibility index (Phi) is 4.41. The van der Waals surface area contributed by atoms with Crippen molar-refractivity contribution in [3.8, 4) is 10.4 Å². The Balaban J connectivity index is 2.06. The highest BCUT2D eigenvalue weighted by molar-refractivity contribution is 7.77. The Bertz CT molecular complexity index is 683. The molecule has 0 spiro atoms. The van der Waals surface area contributed by atoms with Crippen molar-refractivity contribution in [2.75, 3.05) is 7.05 Å². The fourth-order valence-corrected chi connectivity index (χ4v) is 4.98. The molecule has 0 unspecified atom stereocenters. The molecule has 3 rings (SSSR count). The summed E-state index contributed by atoms with van der Waals surface area (Å²) in [5.74, 6) is 0. The second kappa shape index (κ2) is 6.03. The van der Waals surface area contributed by atoms with Crippen LogP contribution in [0.25, 0.3) is 10.4 Å². The second-order valence-corrected chi connectivity index (χ2v) is 9.06. The standard InChI is InChI=1S/C19H25NS2/c1-13-16-11-19(2,3)10-9-17(16)22-18(13)15-8-6-5-7-14(15)12-20(4)21/h5-8,21H,9-12H2,1-4H3. The topological polar surface area (TPSA) is 3.24 Å². The molecule has 2 aromatic rings. The quantitative estimate of drug-likeness (QED) is 0.725. The lowest BCUT2D eigenvalue weighted by molar-refractivity contribution is 0.317. The van der Waals surface area contributed by atoms with Crippen LogP contribution in [0.15, 0.2) is 24.3 Å². The van der Waals surface area contributed by atoms with E-state index in [9.17, 15) is 0 Å². The molecule has 0 aliphatic heterocycles. The lowest BCUT2D eigenvalue weighted by atomic mass is 9.76. The second-order valence-electron chi connectivity index (χ2n) is 7.27. The molecule has 1 aliphatic carbocycles. The Morgan fingerprint density at radius 1 is 1.27 bits per heavy atom. The molecule has 1 aromatic heterocycles. The molecule has 0 saturated carbocycles. The molecule has 118 valence electrons. The van der Waals surface area contributed by atoms with Gasteiger partial charge in [0, 0.05) is 16.3 Å². The maximum atomic E-state index is 4.43. The van der Waals surface area contributed by atoms with Crippen molar-refractivity contribution < 1.29 is 0 Å². The minimum Gasteiger partial charge on any atom is -0.252 e. The molecule has 0 saturated heterocycles.